The van der Waals surface area contributed by atoms with E-state index in [1.807, 2.05) is 5.38 Å². The van der Waals surface area contributed by atoms with Crippen molar-refractivity contribution >= 4 is 19.6 Å². The van der Waals surface area contributed by atoms with Crippen molar-refractivity contribution in [2.45, 2.75) is 45.4 Å². The average Bonchev–Trinajstić information content (AvgIpc) is 2.80. The van der Waals surface area contributed by atoms with Crippen molar-refractivity contribution in [1.82, 2.24) is 0 Å². The third-order valence-electron chi connectivity index (χ3n) is 2.37. The van der Waals surface area contributed by atoms with Gasteiger partial charge in [0.2, 0.25) is 5.75 Å². The molecule has 1 aromatic rings. The summed E-state index contributed by atoms with van der Waals surface area (Å²) in [6.07, 6.45) is 7.18. The van der Waals surface area contributed by atoms with Gasteiger partial charge in [-0.05, 0) is 17.9 Å². The first-order chi connectivity index (χ1) is 8.33. The van der Waals surface area contributed by atoms with Gasteiger partial charge in [0.05, 0.1) is 0 Å². The molecule has 3 nitrogen and oxygen atoms in total. The average molecular weight is 275 g/mol. The quantitative estimate of drug-likeness (QED) is 0.437. The molecule has 0 saturated carbocycles. The van der Waals surface area contributed by atoms with Crippen molar-refractivity contribution < 1.29 is 13.6 Å². The molecule has 1 aromatic heterocycles. The van der Waals surface area contributed by atoms with Gasteiger partial charge in [-0.3, -0.25) is 0 Å². The van der Waals surface area contributed by atoms with Crippen LogP contribution in [-0.4, -0.2) is 6.61 Å². The fraction of sp³-hybridized carbons (Fsp3) is 0.667. The van der Waals surface area contributed by atoms with E-state index in [0.717, 1.165) is 12.8 Å². The van der Waals surface area contributed by atoms with Gasteiger partial charge in [0.25, 0.3) is 0 Å². The summed E-state index contributed by atoms with van der Waals surface area (Å²) < 4.78 is 21.6. The van der Waals surface area contributed by atoms with E-state index in [1.54, 1.807) is 11.4 Å². The predicted molar refractivity (Wildman–Crippen MR) is 71.9 cm³/mol. The van der Waals surface area contributed by atoms with Crippen LogP contribution < -0.4 is 4.52 Å². The molecular weight excluding hydrogens is 255 g/mol. The fourth-order valence-corrected chi connectivity index (χ4v) is 2.68. The second-order valence-electron chi connectivity index (χ2n) is 3.87. The Morgan fingerprint density at radius 3 is 2.71 bits per heavy atom. The minimum absolute atomic E-state index is 0.519. The Balaban J connectivity index is 1.94. The monoisotopic (exact) mass is 275 g/mol. The van der Waals surface area contributed by atoms with Gasteiger partial charge in [0.15, 0.2) is 0 Å². The molecule has 1 atom stereocenters. The standard InChI is InChI=1S/C12H20O3PS/c1-2-3-4-5-6-7-9-14-16(13)15-12-8-10-17-11-12/h8,10-11H,2-7,9H2,1H3/q+1. The number of rotatable bonds is 10. The molecule has 17 heavy (non-hydrogen) atoms. The summed E-state index contributed by atoms with van der Waals surface area (Å²) in [5.74, 6) is 0.624. The highest BCUT2D eigenvalue weighted by atomic mass is 32.1. The smallest absolute Gasteiger partial charge is 0.228 e. The lowest BCUT2D eigenvalue weighted by molar-refractivity contribution is 0.278. The summed E-state index contributed by atoms with van der Waals surface area (Å²) in [5, 5.41) is 3.69. The zero-order valence-corrected chi connectivity index (χ0v) is 12.0. The Morgan fingerprint density at radius 1 is 1.24 bits per heavy atom. The summed E-state index contributed by atoms with van der Waals surface area (Å²) >= 11 is 1.51. The lowest BCUT2D eigenvalue weighted by Gasteiger charge is -1.96. The first-order valence-corrected chi connectivity index (χ1v) is 8.17. The SMILES string of the molecule is CCCCCCCCO[P+](=O)Oc1ccsc1. The van der Waals surface area contributed by atoms with Gasteiger partial charge in [-0.15, -0.1) is 15.9 Å². The Hall–Kier alpha value is -0.440. The van der Waals surface area contributed by atoms with Gasteiger partial charge >= 0.3 is 8.25 Å². The first-order valence-electron chi connectivity index (χ1n) is 6.13. The van der Waals surface area contributed by atoms with Crippen LogP contribution in [0.5, 0.6) is 5.75 Å². The number of hydrogen-bond acceptors (Lipinski definition) is 4. The maximum absolute atomic E-state index is 11.4. The van der Waals surface area contributed by atoms with Gasteiger partial charge in [-0.1, -0.05) is 39.0 Å². The van der Waals surface area contributed by atoms with E-state index >= 15 is 0 Å². The van der Waals surface area contributed by atoms with Crippen LogP contribution in [0, 0.1) is 0 Å². The molecule has 0 radical (unpaired) electrons. The summed E-state index contributed by atoms with van der Waals surface area (Å²) in [6.45, 7) is 2.72. The Labute approximate surface area is 108 Å². The minimum Gasteiger partial charge on any atom is -0.228 e. The first kappa shape index (κ1) is 14.6. The largest absolute Gasteiger partial charge is 0.750 e. The number of hydrogen-bond donors (Lipinski definition) is 0. The molecule has 0 aromatic carbocycles. The van der Waals surface area contributed by atoms with Crippen LogP contribution in [0.1, 0.15) is 45.4 Å². The molecule has 5 heteroatoms. The van der Waals surface area contributed by atoms with E-state index in [0.29, 0.717) is 12.4 Å². The molecule has 1 rings (SSSR count). The van der Waals surface area contributed by atoms with Crippen molar-refractivity contribution in [2.75, 3.05) is 6.61 Å². The second kappa shape index (κ2) is 9.58. The number of unbranched alkanes of at least 4 members (excludes halogenated alkanes) is 5. The van der Waals surface area contributed by atoms with E-state index in [-0.39, 0.29) is 0 Å². The van der Waals surface area contributed by atoms with Crippen LogP contribution in [0.2, 0.25) is 0 Å². The van der Waals surface area contributed by atoms with Crippen LogP contribution in [0.15, 0.2) is 16.8 Å². The second-order valence-corrected chi connectivity index (χ2v) is 5.54. The van der Waals surface area contributed by atoms with Crippen LogP contribution >= 0.6 is 19.6 Å². The predicted octanol–water partition coefficient (Wildman–Crippen LogP) is 5.16. The maximum atomic E-state index is 11.4. The molecule has 0 aliphatic carbocycles. The van der Waals surface area contributed by atoms with Gasteiger partial charge in [-0.2, -0.15) is 0 Å². The molecule has 0 N–H and O–H groups in total. The van der Waals surface area contributed by atoms with Gasteiger partial charge in [0.1, 0.15) is 6.61 Å². The number of thiophene rings is 1. The third kappa shape index (κ3) is 7.48. The molecule has 0 fully saturated rings. The highest BCUT2D eigenvalue weighted by molar-refractivity contribution is 7.33. The maximum Gasteiger partial charge on any atom is 0.750 e. The van der Waals surface area contributed by atoms with Crippen molar-refractivity contribution in [2.24, 2.45) is 0 Å². The van der Waals surface area contributed by atoms with Crippen LogP contribution in [0.4, 0.5) is 0 Å². The normalized spacial score (nSPS) is 11.5. The van der Waals surface area contributed by atoms with Crippen LogP contribution in [0.3, 0.4) is 0 Å². The van der Waals surface area contributed by atoms with E-state index in [4.69, 9.17) is 9.05 Å². The van der Waals surface area contributed by atoms with Gasteiger partial charge in [0, 0.05) is 9.95 Å². The van der Waals surface area contributed by atoms with Gasteiger partial charge in [-0.25, -0.2) is 4.52 Å². The van der Waals surface area contributed by atoms with Crippen molar-refractivity contribution in [3.05, 3.63) is 16.8 Å². The molecule has 0 saturated heterocycles. The van der Waals surface area contributed by atoms with Gasteiger partial charge < -0.3 is 0 Å². The van der Waals surface area contributed by atoms with Crippen LogP contribution in [-0.2, 0) is 9.09 Å². The molecule has 0 amide bonds. The van der Waals surface area contributed by atoms with Crippen molar-refractivity contribution in [3.8, 4) is 5.75 Å². The minimum atomic E-state index is -2.00. The van der Waals surface area contributed by atoms with E-state index < -0.39 is 8.25 Å². The summed E-state index contributed by atoms with van der Waals surface area (Å²) in [4.78, 5) is 0. The topological polar surface area (TPSA) is 35.5 Å². The lowest BCUT2D eigenvalue weighted by Crippen LogP contribution is -1.90. The van der Waals surface area contributed by atoms with E-state index in [9.17, 15) is 4.57 Å². The highest BCUT2D eigenvalue weighted by Crippen LogP contribution is 2.29. The zero-order valence-electron chi connectivity index (χ0n) is 10.3. The summed E-state index contributed by atoms with van der Waals surface area (Å²) in [6, 6.07) is 1.78. The molecule has 1 unspecified atom stereocenters. The lowest BCUT2D eigenvalue weighted by atomic mass is 10.1. The summed E-state index contributed by atoms with van der Waals surface area (Å²) in [5.41, 5.74) is 0. The molecule has 0 aliphatic heterocycles. The Bertz CT molecular complexity index is 301. The Kier molecular flexibility index (Phi) is 8.24. The Morgan fingerprint density at radius 2 is 2.00 bits per heavy atom. The molecule has 0 aliphatic rings. The van der Waals surface area contributed by atoms with Crippen molar-refractivity contribution in [1.29, 1.82) is 0 Å². The molecule has 0 spiro atoms. The molecule has 0 bridgehead atoms. The van der Waals surface area contributed by atoms with Crippen molar-refractivity contribution in [3.63, 3.8) is 0 Å². The fourth-order valence-electron chi connectivity index (χ4n) is 1.44. The van der Waals surface area contributed by atoms with E-state index in [1.165, 1.54) is 37.0 Å². The van der Waals surface area contributed by atoms with Crippen LogP contribution in [0.25, 0.3) is 0 Å². The molecule has 1 heterocycles. The zero-order chi connectivity index (χ0) is 12.3. The third-order valence-corrected chi connectivity index (χ3v) is 3.78. The highest BCUT2D eigenvalue weighted by Gasteiger charge is 2.21. The molecular formula is C12H20O3PS+. The molecule has 96 valence electrons. The van der Waals surface area contributed by atoms with E-state index in [2.05, 4.69) is 6.92 Å². The summed E-state index contributed by atoms with van der Waals surface area (Å²) in [7, 11) is -2.00.